The van der Waals surface area contributed by atoms with Crippen molar-refractivity contribution in [1.29, 1.82) is 0 Å². The number of fused-ring (bicyclic) bond motifs is 1. The van der Waals surface area contributed by atoms with E-state index in [1.165, 1.54) is 16.8 Å². The number of pyridine rings is 2. The first-order chi connectivity index (χ1) is 17.7. The van der Waals surface area contributed by atoms with Gasteiger partial charge in [-0.25, -0.2) is 9.97 Å². The van der Waals surface area contributed by atoms with Gasteiger partial charge in [-0.05, 0) is 50.7 Å². The van der Waals surface area contributed by atoms with Gasteiger partial charge in [0.1, 0.15) is 11.3 Å². The molecule has 5 rings (SSSR count). The smallest absolute Gasteiger partial charge is 0.179 e. The average Bonchev–Trinajstić information content (AvgIpc) is 3.33. The zero-order chi connectivity index (χ0) is 24.7. The van der Waals surface area contributed by atoms with E-state index in [-0.39, 0.29) is 0 Å². The number of nitrogens with one attached hydrogen (secondary N) is 1. The molecule has 0 bridgehead atoms. The van der Waals surface area contributed by atoms with Gasteiger partial charge in [0.15, 0.2) is 5.65 Å². The molecule has 188 valence electrons. The fraction of sp³-hybridized carbons (Fsp3) is 0.393. The van der Waals surface area contributed by atoms with Crippen LogP contribution in [0.2, 0.25) is 0 Å². The summed E-state index contributed by atoms with van der Waals surface area (Å²) in [6, 6.07) is 16.8. The van der Waals surface area contributed by atoms with Crippen LogP contribution in [-0.4, -0.2) is 76.1 Å². The number of piperazine rings is 1. The van der Waals surface area contributed by atoms with Gasteiger partial charge in [0, 0.05) is 50.7 Å². The monoisotopic (exact) mass is 484 g/mol. The lowest BCUT2D eigenvalue weighted by Gasteiger charge is -2.34. The van der Waals surface area contributed by atoms with Gasteiger partial charge in [-0.2, -0.15) is 0 Å². The topological polar surface area (TPSA) is 90.2 Å². The molecular weight excluding hydrogens is 448 g/mol. The zero-order valence-electron chi connectivity index (χ0n) is 21.1. The van der Waals surface area contributed by atoms with Crippen LogP contribution in [0.5, 0.6) is 0 Å². The summed E-state index contributed by atoms with van der Waals surface area (Å²) in [5.41, 5.74) is 12.2. The van der Waals surface area contributed by atoms with Crippen molar-refractivity contribution in [3.63, 3.8) is 0 Å². The molecule has 0 radical (unpaired) electrons. The molecule has 1 fully saturated rings. The number of unbranched alkanes of at least 4 members (excludes halogenated alkanes) is 1. The second-order valence-corrected chi connectivity index (χ2v) is 9.57. The van der Waals surface area contributed by atoms with Gasteiger partial charge in [-0.1, -0.05) is 36.4 Å². The van der Waals surface area contributed by atoms with Crippen molar-refractivity contribution in [2.75, 3.05) is 51.2 Å². The summed E-state index contributed by atoms with van der Waals surface area (Å²) >= 11 is 0. The van der Waals surface area contributed by atoms with Crippen LogP contribution in [0.1, 0.15) is 24.4 Å². The molecule has 8 heteroatoms. The second kappa shape index (κ2) is 11.6. The van der Waals surface area contributed by atoms with Gasteiger partial charge < -0.3 is 20.5 Å². The van der Waals surface area contributed by atoms with Crippen molar-refractivity contribution in [3.05, 3.63) is 72.4 Å². The van der Waals surface area contributed by atoms with Crippen molar-refractivity contribution in [1.82, 2.24) is 29.7 Å². The minimum absolute atomic E-state index is 0.702. The van der Waals surface area contributed by atoms with E-state index in [0.717, 1.165) is 74.8 Å². The van der Waals surface area contributed by atoms with Crippen LogP contribution in [0.15, 0.2) is 60.9 Å². The lowest BCUT2D eigenvalue weighted by atomic mass is 10.0. The zero-order valence-corrected chi connectivity index (χ0v) is 21.1. The van der Waals surface area contributed by atoms with Crippen molar-refractivity contribution in [2.45, 2.75) is 25.9 Å². The third kappa shape index (κ3) is 5.73. The highest BCUT2D eigenvalue weighted by atomic mass is 15.3. The molecule has 0 aliphatic carbocycles. The maximum atomic E-state index is 5.80. The first-order valence-electron chi connectivity index (χ1n) is 12.9. The summed E-state index contributed by atoms with van der Waals surface area (Å²) in [4.78, 5) is 25.0. The van der Waals surface area contributed by atoms with E-state index in [4.69, 9.17) is 15.7 Å². The molecule has 1 saturated heterocycles. The summed E-state index contributed by atoms with van der Waals surface area (Å²) in [7, 11) is 2.18. The van der Waals surface area contributed by atoms with Gasteiger partial charge in [-0.15, -0.1) is 0 Å². The maximum Gasteiger partial charge on any atom is 0.179 e. The lowest BCUT2D eigenvalue weighted by molar-refractivity contribution is 0.244. The Morgan fingerprint density at radius 1 is 0.917 bits per heavy atom. The number of H-pyrrole nitrogens is 1. The molecule has 0 unspecified atom stereocenters. The van der Waals surface area contributed by atoms with Crippen LogP contribution in [0.25, 0.3) is 22.3 Å². The van der Waals surface area contributed by atoms with Crippen molar-refractivity contribution >= 4 is 16.9 Å². The minimum Gasteiger partial charge on any atom is -0.367 e. The fourth-order valence-corrected chi connectivity index (χ4v) is 4.89. The molecule has 36 heavy (non-hydrogen) atoms. The van der Waals surface area contributed by atoms with E-state index in [0.29, 0.717) is 13.1 Å². The van der Waals surface area contributed by atoms with Crippen LogP contribution in [0.3, 0.4) is 0 Å². The third-order valence-corrected chi connectivity index (χ3v) is 6.91. The normalized spacial score (nSPS) is 14.7. The highest BCUT2D eigenvalue weighted by molar-refractivity contribution is 5.86. The number of hydrogen-bond donors (Lipinski definition) is 2. The molecule has 4 aromatic rings. The standard InChI is InChI=1S/C28H36N8/c1-34-16-18-36(19-17-34)25-11-14-31-28-27(25)32-26(33-28)21-35(15-6-5-12-29)20-24-23(10-7-13-30-24)22-8-3-2-4-9-22/h2-4,7-11,13-14H,5-6,12,15-21,29H2,1H3,(H,31,32,33). The molecule has 3 N–H and O–H groups in total. The number of hydrogen-bond acceptors (Lipinski definition) is 7. The van der Waals surface area contributed by atoms with Gasteiger partial charge in [0.2, 0.25) is 0 Å². The van der Waals surface area contributed by atoms with Crippen molar-refractivity contribution in [2.24, 2.45) is 5.73 Å². The third-order valence-electron chi connectivity index (χ3n) is 6.91. The molecule has 4 heterocycles. The average molecular weight is 485 g/mol. The van der Waals surface area contributed by atoms with Gasteiger partial charge in [0.05, 0.1) is 17.9 Å². The Hall–Kier alpha value is -3.33. The van der Waals surface area contributed by atoms with E-state index < -0.39 is 0 Å². The van der Waals surface area contributed by atoms with Crippen LogP contribution >= 0.6 is 0 Å². The Morgan fingerprint density at radius 3 is 2.56 bits per heavy atom. The Labute approximate surface area is 213 Å². The van der Waals surface area contributed by atoms with Gasteiger partial charge in [-0.3, -0.25) is 9.88 Å². The minimum atomic E-state index is 0.702. The summed E-state index contributed by atoms with van der Waals surface area (Å²) < 4.78 is 0. The van der Waals surface area contributed by atoms with Crippen molar-refractivity contribution < 1.29 is 0 Å². The summed E-state index contributed by atoms with van der Waals surface area (Å²) in [6.45, 7) is 7.22. The fourth-order valence-electron chi connectivity index (χ4n) is 4.89. The van der Waals surface area contributed by atoms with E-state index in [1.807, 2.05) is 24.5 Å². The van der Waals surface area contributed by atoms with E-state index >= 15 is 0 Å². The Morgan fingerprint density at radius 2 is 1.75 bits per heavy atom. The van der Waals surface area contributed by atoms with Crippen LogP contribution in [-0.2, 0) is 13.1 Å². The van der Waals surface area contributed by atoms with Crippen molar-refractivity contribution in [3.8, 4) is 11.1 Å². The SMILES string of the molecule is CN1CCN(c2ccnc3nc(CN(CCCCN)Cc4ncccc4-c4ccccc4)[nH]c23)CC1. The number of imidazole rings is 1. The van der Waals surface area contributed by atoms with Crippen LogP contribution in [0, 0.1) is 0 Å². The maximum absolute atomic E-state index is 5.80. The van der Waals surface area contributed by atoms with Gasteiger partial charge >= 0.3 is 0 Å². The molecule has 8 nitrogen and oxygen atoms in total. The number of aromatic amines is 1. The lowest BCUT2D eigenvalue weighted by Crippen LogP contribution is -2.44. The predicted molar refractivity (Wildman–Crippen MR) is 146 cm³/mol. The van der Waals surface area contributed by atoms with E-state index in [9.17, 15) is 0 Å². The number of nitrogens with zero attached hydrogens (tertiary/aromatic N) is 6. The number of likely N-dealkylation sites (N-methyl/N-ethyl adjacent to an activating group) is 1. The highest BCUT2D eigenvalue weighted by Gasteiger charge is 2.20. The van der Waals surface area contributed by atoms with Crippen LogP contribution < -0.4 is 10.6 Å². The molecule has 1 aromatic carbocycles. The second-order valence-electron chi connectivity index (χ2n) is 9.57. The molecular formula is C28H36N8. The summed E-state index contributed by atoms with van der Waals surface area (Å²) in [5.74, 6) is 0.934. The molecule has 0 amide bonds. The van der Waals surface area contributed by atoms with Crippen LogP contribution in [0.4, 0.5) is 5.69 Å². The van der Waals surface area contributed by atoms with E-state index in [2.05, 4.69) is 68.1 Å². The Balaban J connectivity index is 1.39. The number of benzene rings is 1. The summed E-state index contributed by atoms with van der Waals surface area (Å²) in [5, 5.41) is 0. The number of rotatable bonds is 10. The molecule has 0 saturated carbocycles. The van der Waals surface area contributed by atoms with Gasteiger partial charge in [0.25, 0.3) is 0 Å². The molecule has 1 aliphatic heterocycles. The largest absolute Gasteiger partial charge is 0.367 e. The highest BCUT2D eigenvalue weighted by Crippen LogP contribution is 2.26. The first kappa shape index (κ1) is 24.4. The predicted octanol–water partition coefficient (Wildman–Crippen LogP) is 3.51. The summed E-state index contributed by atoms with van der Waals surface area (Å²) in [6.07, 6.45) is 5.79. The molecule has 3 aromatic heterocycles. The number of nitrogens with two attached hydrogens (primary N) is 1. The Kier molecular flexibility index (Phi) is 7.85. The number of aromatic nitrogens is 4. The molecule has 1 aliphatic rings. The van der Waals surface area contributed by atoms with E-state index in [1.54, 1.807) is 0 Å². The molecule has 0 atom stereocenters. The first-order valence-corrected chi connectivity index (χ1v) is 12.9. The quantitative estimate of drug-likeness (QED) is 0.333. The Bertz CT molecular complexity index is 1250. The number of anilines is 1. The molecule has 0 spiro atoms.